The lowest BCUT2D eigenvalue weighted by molar-refractivity contribution is 0.123. The van der Waals surface area contributed by atoms with Crippen LogP contribution in [0.3, 0.4) is 0 Å². The van der Waals surface area contributed by atoms with Crippen LogP contribution in [0.4, 0.5) is 0 Å². The van der Waals surface area contributed by atoms with Gasteiger partial charge in [0.1, 0.15) is 12.7 Å². The molecule has 1 fully saturated rings. The number of rotatable bonds is 4. The van der Waals surface area contributed by atoms with Gasteiger partial charge in [-0.25, -0.2) is 9.67 Å². The first-order chi connectivity index (χ1) is 10.6. The van der Waals surface area contributed by atoms with Crippen LogP contribution < -0.4 is 5.73 Å². The lowest BCUT2D eigenvalue weighted by atomic mass is 9.96. The molecule has 6 heteroatoms. The van der Waals surface area contributed by atoms with E-state index in [1.807, 2.05) is 12.1 Å². The molecule has 1 saturated heterocycles. The Morgan fingerprint density at radius 1 is 1.41 bits per heavy atom. The van der Waals surface area contributed by atoms with Gasteiger partial charge in [0.15, 0.2) is 0 Å². The molecule has 2 N–H and O–H groups in total. The minimum atomic E-state index is 0.183. The molecule has 1 aromatic carbocycles. The van der Waals surface area contributed by atoms with Gasteiger partial charge in [-0.2, -0.15) is 5.10 Å². The van der Waals surface area contributed by atoms with Crippen LogP contribution in [-0.4, -0.2) is 38.3 Å². The first kappa shape index (κ1) is 15.5. The van der Waals surface area contributed by atoms with Gasteiger partial charge in [0.05, 0.1) is 5.69 Å². The van der Waals surface area contributed by atoms with Crippen LogP contribution in [0.15, 0.2) is 30.9 Å². The van der Waals surface area contributed by atoms with Crippen molar-refractivity contribution in [3.05, 3.63) is 41.4 Å². The maximum absolute atomic E-state index is 6.18. The average molecular weight is 320 g/mol. The Kier molecular flexibility index (Phi) is 4.76. The van der Waals surface area contributed by atoms with Crippen molar-refractivity contribution in [1.82, 2.24) is 19.7 Å². The second-order valence-corrected chi connectivity index (χ2v) is 6.44. The summed E-state index contributed by atoms with van der Waals surface area (Å²) in [5.74, 6) is 0. The Morgan fingerprint density at radius 2 is 2.27 bits per heavy atom. The molecule has 2 heterocycles. The highest BCUT2D eigenvalue weighted by molar-refractivity contribution is 6.30. The zero-order valence-corrected chi connectivity index (χ0v) is 13.6. The predicted molar refractivity (Wildman–Crippen MR) is 88.1 cm³/mol. The van der Waals surface area contributed by atoms with Gasteiger partial charge in [-0.3, -0.25) is 4.90 Å². The Bertz CT molecular complexity index is 611. The molecule has 118 valence electrons. The summed E-state index contributed by atoms with van der Waals surface area (Å²) in [6.45, 7) is 4.05. The fourth-order valence-electron chi connectivity index (χ4n) is 3.24. The lowest BCUT2D eigenvalue weighted by Gasteiger charge is -2.38. The summed E-state index contributed by atoms with van der Waals surface area (Å²) < 4.78 is 1.77. The van der Waals surface area contributed by atoms with E-state index in [1.54, 1.807) is 11.0 Å². The molecule has 0 spiro atoms. The van der Waals surface area contributed by atoms with Crippen molar-refractivity contribution in [2.75, 3.05) is 6.54 Å². The summed E-state index contributed by atoms with van der Waals surface area (Å²) in [4.78, 5) is 6.52. The van der Waals surface area contributed by atoms with Crippen molar-refractivity contribution < 1.29 is 0 Å². The molecule has 2 atom stereocenters. The Hall–Kier alpha value is -1.43. The zero-order valence-electron chi connectivity index (χ0n) is 12.8. The van der Waals surface area contributed by atoms with Crippen molar-refractivity contribution in [3.8, 4) is 5.69 Å². The molecule has 1 aliphatic rings. The van der Waals surface area contributed by atoms with Gasteiger partial charge in [-0.15, -0.1) is 0 Å². The zero-order chi connectivity index (χ0) is 15.5. The van der Waals surface area contributed by atoms with E-state index in [0.717, 1.165) is 18.8 Å². The average Bonchev–Trinajstić information content (AvgIpc) is 3.03. The second kappa shape index (κ2) is 6.77. The Labute approximate surface area is 136 Å². The van der Waals surface area contributed by atoms with Crippen LogP contribution in [0.5, 0.6) is 0 Å². The molecule has 5 nitrogen and oxygen atoms in total. The minimum absolute atomic E-state index is 0.183. The SMILES string of the molecule is CC(N)C1CCCCN1Cc1ccc(Cl)cc1-n1cncn1. The summed E-state index contributed by atoms with van der Waals surface area (Å²) in [6, 6.07) is 6.57. The number of aromatic nitrogens is 3. The van der Waals surface area contributed by atoms with Crippen molar-refractivity contribution >= 4 is 11.6 Å². The van der Waals surface area contributed by atoms with Gasteiger partial charge < -0.3 is 5.73 Å². The van der Waals surface area contributed by atoms with Crippen LogP contribution in [0.1, 0.15) is 31.7 Å². The monoisotopic (exact) mass is 319 g/mol. The maximum Gasteiger partial charge on any atom is 0.138 e. The number of hydrogen-bond acceptors (Lipinski definition) is 4. The molecular weight excluding hydrogens is 298 g/mol. The number of halogens is 1. The molecule has 22 heavy (non-hydrogen) atoms. The van der Waals surface area contributed by atoms with Gasteiger partial charge in [0.2, 0.25) is 0 Å². The third-order valence-electron chi connectivity index (χ3n) is 4.36. The van der Waals surface area contributed by atoms with Gasteiger partial charge in [0.25, 0.3) is 0 Å². The van der Waals surface area contributed by atoms with Gasteiger partial charge in [-0.05, 0) is 44.0 Å². The van der Waals surface area contributed by atoms with Crippen LogP contribution in [0.25, 0.3) is 5.69 Å². The van der Waals surface area contributed by atoms with Crippen molar-refractivity contribution in [1.29, 1.82) is 0 Å². The summed E-state index contributed by atoms with van der Waals surface area (Å²) in [6.07, 6.45) is 6.91. The number of nitrogens with two attached hydrogens (primary N) is 1. The van der Waals surface area contributed by atoms with Crippen molar-refractivity contribution in [2.45, 2.75) is 44.8 Å². The lowest BCUT2D eigenvalue weighted by Crippen LogP contribution is -2.48. The molecule has 2 aromatic rings. The summed E-state index contributed by atoms with van der Waals surface area (Å²) in [5, 5.41) is 4.94. The van der Waals surface area contributed by atoms with Gasteiger partial charge in [-0.1, -0.05) is 24.1 Å². The topological polar surface area (TPSA) is 60.0 Å². The van der Waals surface area contributed by atoms with E-state index in [4.69, 9.17) is 17.3 Å². The molecule has 1 aromatic heterocycles. The van der Waals surface area contributed by atoms with E-state index in [0.29, 0.717) is 11.1 Å². The quantitative estimate of drug-likeness (QED) is 0.941. The van der Waals surface area contributed by atoms with Gasteiger partial charge >= 0.3 is 0 Å². The van der Waals surface area contributed by atoms with E-state index >= 15 is 0 Å². The molecule has 0 bridgehead atoms. The number of nitrogens with zero attached hydrogens (tertiary/aromatic N) is 4. The third kappa shape index (κ3) is 3.32. The van der Waals surface area contributed by atoms with E-state index < -0.39 is 0 Å². The number of benzene rings is 1. The highest BCUT2D eigenvalue weighted by Crippen LogP contribution is 2.25. The smallest absolute Gasteiger partial charge is 0.138 e. The molecule has 2 unspecified atom stereocenters. The Balaban J connectivity index is 1.88. The molecular formula is C16H22ClN5. The number of hydrogen-bond donors (Lipinski definition) is 1. The highest BCUT2D eigenvalue weighted by atomic mass is 35.5. The Morgan fingerprint density at radius 3 is 3.00 bits per heavy atom. The minimum Gasteiger partial charge on any atom is -0.327 e. The molecule has 0 aliphatic carbocycles. The predicted octanol–water partition coefficient (Wildman–Crippen LogP) is 2.62. The fourth-order valence-corrected chi connectivity index (χ4v) is 3.41. The maximum atomic E-state index is 6.18. The third-order valence-corrected chi connectivity index (χ3v) is 4.59. The number of piperidine rings is 1. The van der Waals surface area contributed by atoms with E-state index in [2.05, 4.69) is 28.0 Å². The second-order valence-electron chi connectivity index (χ2n) is 6.01. The molecule has 1 aliphatic heterocycles. The van der Waals surface area contributed by atoms with E-state index in [9.17, 15) is 0 Å². The summed E-state index contributed by atoms with van der Waals surface area (Å²) in [7, 11) is 0. The standard InChI is InChI=1S/C16H22ClN5/c1-12(18)15-4-2-3-7-21(15)9-13-5-6-14(17)8-16(13)22-11-19-10-20-22/h5-6,8,10-12,15H,2-4,7,9,18H2,1H3. The van der Waals surface area contributed by atoms with Crippen molar-refractivity contribution in [2.24, 2.45) is 5.73 Å². The number of likely N-dealkylation sites (tertiary alicyclic amines) is 1. The van der Waals surface area contributed by atoms with Crippen LogP contribution in [-0.2, 0) is 6.54 Å². The molecule has 3 rings (SSSR count). The highest BCUT2D eigenvalue weighted by Gasteiger charge is 2.26. The van der Waals surface area contributed by atoms with Crippen LogP contribution in [0, 0.1) is 0 Å². The normalized spacial score (nSPS) is 21.0. The molecule has 0 radical (unpaired) electrons. The van der Waals surface area contributed by atoms with E-state index in [1.165, 1.54) is 31.2 Å². The first-order valence-electron chi connectivity index (χ1n) is 7.78. The van der Waals surface area contributed by atoms with E-state index in [-0.39, 0.29) is 6.04 Å². The summed E-state index contributed by atoms with van der Waals surface area (Å²) >= 11 is 6.16. The molecule has 0 saturated carbocycles. The summed E-state index contributed by atoms with van der Waals surface area (Å²) in [5.41, 5.74) is 8.36. The fraction of sp³-hybridized carbons (Fsp3) is 0.500. The van der Waals surface area contributed by atoms with Crippen LogP contribution in [0.2, 0.25) is 5.02 Å². The first-order valence-corrected chi connectivity index (χ1v) is 8.16. The van der Waals surface area contributed by atoms with Gasteiger partial charge in [0, 0.05) is 23.7 Å². The van der Waals surface area contributed by atoms with Crippen molar-refractivity contribution in [3.63, 3.8) is 0 Å². The molecule has 0 amide bonds. The van der Waals surface area contributed by atoms with Crippen LogP contribution >= 0.6 is 11.6 Å². The largest absolute Gasteiger partial charge is 0.327 e.